The Balaban J connectivity index is 2.04. The van der Waals surface area contributed by atoms with Crippen LogP contribution in [0.25, 0.3) is 0 Å². The Morgan fingerprint density at radius 3 is 2.80 bits per heavy atom. The van der Waals surface area contributed by atoms with E-state index in [1.54, 1.807) is 42.6 Å². The average molecular weight is 272 g/mol. The molecule has 0 unspecified atom stereocenters. The summed E-state index contributed by atoms with van der Waals surface area (Å²) in [6.45, 7) is -0.431. The van der Waals surface area contributed by atoms with Gasteiger partial charge in [0.15, 0.2) is 6.61 Å². The summed E-state index contributed by atoms with van der Waals surface area (Å²) in [7, 11) is 0. The van der Waals surface area contributed by atoms with Crippen LogP contribution in [0.2, 0.25) is 0 Å². The van der Waals surface area contributed by atoms with Gasteiger partial charge < -0.3 is 15.2 Å². The third-order valence-electron chi connectivity index (χ3n) is 2.38. The third kappa shape index (κ3) is 3.81. The van der Waals surface area contributed by atoms with Crippen LogP contribution in [-0.2, 0) is 4.79 Å². The molecule has 1 amide bonds. The van der Waals surface area contributed by atoms with Gasteiger partial charge in [0, 0.05) is 24.1 Å². The number of benzene rings is 1. The van der Waals surface area contributed by atoms with Crippen molar-refractivity contribution in [2.24, 2.45) is 0 Å². The number of aromatic nitrogens is 1. The minimum Gasteiger partial charge on any atom is -0.482 e. The molecule has 2 aromatic rings. The van der Waals surface area contributed by atoms with Crippen molar-refractivity contribution < 1.29 is 19.4 Å². The van der Waals surface area contributed by atoms with E-state index in [1.165, 1.54) is 6.20 Å². The van der Waals surface area contributed by atoms with Gasteiger partial charge in [-0.1, -0.05) is 6.07 Å². The molecule has 0 bridgehead atoms. The monoisotopic (exact) mass is 272 g/mol. The lowest BCUT2D eigenvalue weighted by molar-refractivity contribution is -0.139. The summed E-state index contributed by atoms with van der Waals surface area (Å²) in [6, 6.07) is 9.83. The van der Waals surface area contributed by atoms with Crippen LogP contribution in [0.15, 0.2) is 48.8 Å². The van der Waals surface area contributed by atoms with Crippen LogP contribution in [0.3, 0.4) is 0 Å². The summed E-state index contributed by atoms with van der Waals surface area (Å²) in [4.78, 5) is 26.2. The van der Waals surface area contributed by atoms with E-state index in [2.05, 4.69) is 10.3 Å². The maximum atomic E-state index is 11.9. The molecule has 1 heterocycles. The number of nitrogens with one attached hydrogen (secondary N) is 1. The molecule has 0 aliphatic rings. The largest absolute Gasteiger partial charge is 0.482 e. The van der Waals surface area contributed by atoms with E-state index < -0.39 is 12.6 Å². The molecule has 0 radical (unpaired) electrons. The highest BCUT2D eigenvalue weighted by Crippen LogP contribution is 2.18. The summed E-state index contributed by atoms with van der Waals surface area (Å²) >= 11 is 0. The SMILES string of the molecule is O=C(O)COc1cccc(NC(=O)c2cccnc2)c1. The van der Waals surface area contributed by atoms with Crippen molar-refractivity contribution in [1.29, 1.82) is 0 Å². The number of amides is 1. The van der Waals surface area contributed by atoms with Gasteiger partial charge in [0.2, 0.25) is 0 Å². The normalized spacial score (nSPS) is 9.80. The highest BCUT2D eigenvalue weighted by molar-refractivity contribution is 6.04. The topological polar surface area (TPSA) is 88.5 Å². The van der Waals surface area contributed by atoms with E-state index in [4.69, 9.17) is 9.84 Å². The minimum absolute atomic E-state index is 0.298. The van der Waals surface area contributed by atoms with Crippen molar-refractivity contribution in [3.63, 3.8) is 0 Å². The molecule has 1 aromatic carbocycles. The van der Waals surface area contributed by atoms with E-state index in [1.807, 2.05) is 0 Å². The van der Waals surface area contributed by atoms with Crippen LogP contribution in [0, 0.1) is 0 Å². The zero-order chi connectivity index (χ0) is 14.4. The molecule has 1 aromatic heterocycles. The number of pyridine rings is 1. The molecule has 6 heteroatoms. The molecule has 2 N–H and O–H groups in total. The average Bonchev–Trinajstić information content (AvgIpc) is 2.46. The Labute approximate surface area is 115 Å². The second-order valence-electron chi connectivity index (χ2n) is 3.91. The second kappa shape index (κ2) is 6.33. The third-order valence-corrected chi connectivity index (χ3v) is 2.38. The predicted octanol–water partition coefficient (Wildman–Crippen LogP) is 1.80. The Morgan fingerprint density at radius 1 is 1.25 bits per heavy atom. The summed E-state index contributed by atoms with van der Waals surface area (Å²) in [5.74, 6) is -0.986. The summed E-state index contributed by atoms with van der Waals surface area (Å²) in [6.07, 6.45) is 3.04. The van der Waals surface area contributed by atoms with E-state index in [0.717, 1.165) is 0 Å². The molecule has 2 rings (SSSR count). The Hall–Kier alpha value is -2.89. The number of anilines is 1. The van der Waals surface area contributed by atoms with Crippen molar-refractivity contribution in [3.05, 3.63) is 54.4 Å². The van der Waals surface area contributed by atoms with Gasteiger partial charge >= 0.3 is 5.97 Å². The molecule has 0 saturated heterocycles. The number of carboxylic acids is 1. The first-order valence-corrected chi connectivity index (χ1v) is 5.81. The predicted molar refractivity (Wildman–Crippen MR) is 71.8 cm³/mol. The summed E-state index contributed by atoms with van der Waals surface area (Å²) in [5, 5.41) is 11.2. The highest BCUT2D eigenvalue weighted by Gasteiger charge is 2.06. The molecular weight excluding hydrogens is 260 g/mol. The number of rotatable bonds is 5. The van der Waals surface area contributed by atoms with Crippen LogP contribution in [0.1, 0.15) is 10.4 Å². The standard InChI is InChI=1S/C14H12N2O4/c17-13(18)9-20-12-5-1-4-11(7-12)16-14(19)10-3-2-6-15-8-10/h1-8H,9H2,(H,16,19)(H,17,18). The molecule has 0 spiro atoms. The lowest BCUT2D eigenvalue weighted by Crippen LogP contribution is -2.12. The summed E-state index contributed by atoms with van der Waals surface area (Å²) in [5.41, 5.74) is 0.950. The van der Waals surface area contributed by atoms with E-state index in [-0.39, 0.29) is 5.91 Å². The fourth-order valence-corrected chi connectivity index (χ4v) is 1.51. The van der Waals surface area contributed by atoms with Gasteiger partial charge in [0.05, 0.1) is 5.56 Å². The van der Waals surface area contributed by atoms with Crippen LogP contribution in [0.4, 0.5) is 5.69 Å². The Morgan fingerprint density at radius 2 is 2.10 bits per heavy atom. The molecule has 20 heavy (non-hydrogen) atoms. The number of carbonyl (C=O) groups is 2. The first kappa shape index (κ1) is 13.5. The van der Waals surface area contributed by atoms with Crippen LogP contribution >= 0.6 is 0 Å². The van der Waals surface area contributed by atoms with Gasteiger partial charge in [0.1, 0.15) is 5.75 Å². The molecule has 0 atom stereocenters. The number of hydrogen-bond acceptors (Lipinski definition) is 4. The summed E-state index contributed by atoms with van der Waals surface area (Å²) < 4.78 is 5.03. The van der Waals surface area contributed by atoms with Gasteiger partial charge in [-0.15, -0.1) is 0 Å². The smallest absolute Gasteiger partial charge is 0.341 e. The Bertz CT molecular complexity index is 614. The molecule has 0 aliphatic heterocycles. The van der Waals surface area contributed by atoms with Crippen molar-refractivity contribution in [1.82, 2.24) is 4.98 Å². The van der Waals surface area contributed by atoms with E-state index in [9.17, 15) is 9.59 Å². The lowest BCUT2D eigenvalue weighted by atomic mass is 10.2. The van der Waals surface area contributed by atoms with Crippen molar-refractivity contribution in [2.75, 3.05) is 11.9 Å². The van der Waals surface area contributed by atoms with Gasteiger partial charge in [-0.2, -0.15) is 0 Å². The van der Waals surface area contributed by atoms with Gasteiger partial charge in [-0.05, 0) is 24.3 Å². The first-order chi connectivity index (χ1) is 9.65. The molecule has 102 valence electrons. The molecule has 0 fully saturated rings. The molecule has 6 nitrogen and oxygen atoms in total. The van der Waals surface area contributed by atoms with Crippen molar-refractivity contribution in [2.45, 2.75) is 0 Å². The van der Waals surface area contributed by atoms with Gasteiger partial charge in [-0.3, -0.25) is 9.78 Å². The number of carboxylic acid groups (broad SMARTS) is 1. The molecular formula is C14H12N2O4. The maximum absolute atomic E-state index is 11.9. The number of ether oxygens (including phenoxy) is 1. The van der Waals surface area contributed by atoms with Crippen molar-refractivity contribution >= 4 is 17.6 Å². The minimum atomic E-state index is -1.06. The zero-order valence-electron chi connectivity index (χ0n) is 10.4. The second-order valence-corrected chi connectivity index (χ2v) is 3.91. The van der Waals surface area contributed by atoms with E-state index in [0.29, 0.717) is 17.0 Å². The van der Waals surface area contributed by atoms with Gasteiger partial charge in [-0.25, -0.2) is 4.79 Å². The fraction of sp³-hybridized carbons (Fsp3) is 0.0714. The van der Waals surface area contributed by atoms with Crippen LogP contribution < -0.4 is 10.1 Å². The maximum Gasteiger partial charge on any atom is 0.341 e. The van der Waals surface area contributed by atoms with Crippen LogP contribution in [0.5, 0.6) is 5.75 Å². The quantitative estimate of drug-likeness (QED) is 0.866. The fourth-order valence-electron chi connectivity index (χ4n) is 1.51. The number of nitrogens with zero attached hydrogens (tertiary/aromatic N) is 1. The number of aliphatic carboxylic acids is 1. The van der Waals surface area contributed by atoms with Gasteiger partial charge in [0.25, 0.3) is 5.91 Å². The lowest BCUT2D eigenvalue weighted by Gasteiger charge is -2.07. The first-order valence-electron chi connectivity index (χ1n) is 5.81. The number of hydrogen-bond donors (Lipinski definition) is 2. The highest BCUT2D eigenvalue weighted by atomic mass is 16.5. The number of carbonyl (C=O) groups excluding carboxylic acids is 1. The Kier molecular flexibility index (Phi) is 4.28. The molecule has 0 aliphatic carbocycles. The van der Waals surface area contributed by atoms with Crippen LogP contribution in [-0.4, -0.2) is 28.6 Å². The van der Waals surface area contributed by atoms with E-state index >= 15 is 0 Å². The zero-order valence-corrected chi connectivity index (χ0v) is 10.4. The van der Waals surface area contributed by atoms with Crippen molar-refractivity contribution in [3.8, 4) is 5.75 Å². The molecule has 0 saturated carbocycles.